The standard InChI is InChI=1S/C19H18N2OS/c1-14(19-21-16-9-5-6-10-17(16)23-19)13-20-18(22)12-11-15-7-3-2-4-8-15/h2-12,14H,13H2,1H3,(H,20,22). The highest BCUT2D eigenvalue weighted by atomic mass is 32.1. The van der Waals surface area contributed by atoms with Gasteiger partial charge in [0.15, 0.2) is 0 Å². The predicted molar refractivity (Wildman–Crippen MR) is 96.5 cm³/mol. The van der Waals surface area contributed by atoms with Crippen molar-refractivity contribution < 1.29 is 4.79 Å². The number of aromatic nitrogens is 1. The number of carbonyl (C=O) groups excluding carboxylic acids is 1. The lowest BCUT2D eigenvalue weighted by atomic mass is 10.2. The molecule has 0 saturated heterocycles. The lowest BCUT2D eigenvalue weighted by molar-refractivity contribution is -0.116. The van der Waals surface area contributed by atoms with E-state index in [0.717, 1.165) is 16.1 Å². The fourth-order valence-corrected chi connectivity index (χ4v) is 3.26. The third kappa shape index (κ3) is 4.05. The maximum Gasteiger partial charge on any atom is 0.244 e. The Bertz CT molecular complexity index is 791. The Hall–Kier alpha value is -2.46. The molecule has 3 nitrogen and oxygen atoms in total. The first-order valence-electron chi connectivity index (χ1n) is 7.59. The molecule has 0 saturated carbocycles. The van der Waals surface area contributed by atoms with Gasteiger partial charge in [-0.15, -0.1) is 11.3 Å². The number of fused-ring (bicyclic) bond motifs is 1. The van der Waals surface area contributed by atoms with E-state index >= 15 is 0 Å². The molecule has 23 heavy (non-hydrogen) atoms. The van der Waals surface area contributed by atoms with Gasteiger partial charge in [-0.25, -0.2) is 4.98 Å². The Balaban J connectivity index is 1.57. The molecule has 0 spiro atoms. The van der Waals surface area contributed by atoms with Gasteiger partial charge in [0.2, 0.25) is 5.91 Å². The summed E-state index contributed by atoms with van der Waals surface area (Å²) in [6.45, 7) is 2.66. The van der Waals surface area contributed by atoms with E-state index in [0.29, 0.717) is 6.54 Å². The van der Waals surface area contributed by atoms with Gasteiger partial charge in [0, 0.05) is 18.5 Å². The van der Waals surface area contributed by atoms with Crippen LogP contribution in [0.1, 0.15) is 23.4 Å². The minimum atomic E-state index is -0.0817. The number of para-hydroxylation sites is 1. The van der Waals surface area contributed by atoms with Crippen molar-refractivity contribution in [3.63, 3.8) is 0 Å². The molecule has 116 valence electrons. The van der Waals surface area contributed by atoms with Crippen LogP contribution >= 0.6 is 11.3 Å². The van der Waals surface area contributed by atoms with Gasteiger partial charge in [-0.2, -0.15) is 0 Å². The first-order chi connectivity index (χ1) is 11.2. The van der Waals surface area contributed by atoms with E-state index < -0.39 is 0 Å². The van der Waals surface area contributed by atoms with Crippen LogP contribution in [0.5, 0.6) is 0 Å². The lowest BCUT2D eigenvalue weighted by Gasteiger charge is -2.08. The average molecular weight is 322 g/mol. The normalized spacial score (nSPS) is 12.6. The topological polar surface area (TPSA) is 42.0 Å². The molecule has 3 aromatic rings. The molecule has 0 radical (unpaired) electrons. The quantitative estimate of drug-likeness (QED) is 0.714. The van der Waals surface area contributed by atoms with Gasteiger partial charge in [-0.1, -0.05) is 49.4 Å². The first-order valence-corrected chi connectivity index (χ1v) is 8.40. The van der Waals surface area contributed by atoms with Crippen LogP contribution in [0.2, 0.25) is 0 Å². The van der Waals surface area contributed by atoms with Gasteiger partial charge in [-0.05, 0) is 23.8 Å². The van der Waals surface area contributed by atoms with Crippen LogP contribution in [-0.2, 0) is 4.79 Å². The second-order valence-corrected chi connectivity index (χ2v) is 6.47. The van der Waals surface area contributed by atoms with Gasteiger partial charge < -0.3 is 5.32 Å². The van der Waals surface area contributed by atoms with Crippen molar-refractivity contribution in [3.8, 4) is 0 Å². The summed E-state index contributed by atoms with van der Waals surface area (Å²) in [6.07, 6.45) is 3.39. The molecule has 1 unspecified atom stereocenters. The minimum Gasteiger partial charge on any atom is -0.352 e. The molecular formula is C19H18N2OS. The largest absolute Gasteiger partial charge is 0.352 e. The molecule has 0 aliphatic heterocycles. The summed E-state index contributed by atoms with van der Waals surface area (Å²) in [6, 6.07) is 17.9. The lowest BCUT2D eigenvalue weighted by Crippen LogP contribution is -2.25. The third-order valence-electron chi connectivity index (χ3n) is 3.54. The Morgan fingerprint density at radius 3 is 2.70 bits per heavy atom. The number of carbonyl (C=O) groups is 1. The summed E-state index contributed by atoms with van der Waals surface area (Å²) in [5, 5.41) is 3.99. The fraction of sp³-hybridized carbons (Fsp3) is 0.158. The summed E-state index contributed by atoms with van der Waals surface area (Å²) in [5.41, 5.74) is 2.04. The molecule has 0 bridgehead atoms. The van der Waals surface area contributed by atoms with Crippen molar-refractivity contribution in [1.29, 1.82) is 0 Å². The molecule has 0 aliphatic rings. The molecule has 4 heteroatoms. The highest BCUT2D eigenvalue weighted by molar-refractivity contribution is 7.18. The average Bonchev–Trinajstić information content (AvgIpc) is 3.03. The summed E-state index contributed by atoms with van der Waals surface area (Å²) < 4.78 is 1.18. The molecule has 0 aliphatic carbocycles. The molecular weight excluding hydrogens is 304 g/mol. The second kappa shape index (κ2) is 7.20. The number of hydrogen-bond donors (Lipinski definition) is 1. The van der Waals surface area contributed by atoms with Crippen LogP contribution in [0.15, 0.2) is 60.7 Å². The van der Waals surface area contributed by atoms with Crippen LogP contribution < -0.4 is 5.32 Å². The Morgan fingerprint density at radius 2 is 1.91 bits per heavy atom. The predicted octanol–water partition coefficient (Wildman–Crippen LogP) is 4.23. The molecule has 1 N–H and O–H groups in total. The van der Waals surface area contributed by atoms with Gasteiger partial charge in [0.1, 0.15) is 0 Å². The summed E-state index contributed by atoms with van der Waals surface area (Å²) in [5.74, 6) is 0.114. The van der Waals surface area contributed by atoms with Gasteiger partial charge in [0.25, 0.3) is 0 Å². The molecule has 2 aromatic carbocycles. The van der Waals surface area contributed by atoms with Crippen molar-refractivity contribution in [3.05, 3.63) is 71.2 Å². The first kappa shape index (κ1) is 15.4. The molecule has 3 rings (SSSR count). The SMILES string of the molecule is CC(CNC(=O)C=Cc1ccccc1)c1nc2ccccc2s1. The minimum absolute atomic E-state index is 0.0817. The number of thiazole rings is 1. The van der Waals surface area contributed by atoms with Gasteiger partial charge in [0.05, 0.1) is 15.2 Å². The highest BCUT2D eigenvalue weighted by Crippen LogP contribution is 2.26. The van der Waals surface area contributed by atoms with E-state index in [1.807, 2.05) is 54.6 Å². The number of benzene rings is 2. The number of amides is 1. The van der Waals surface area contributed by atoms with Gasteiger partial charge >= 0.3 is 0 Å². The van der Waals surface area contributed by atoms with E-state index in [-0.39, 0.29) is 11.8 Å². The Kier molecular flexibility index (Phi) is 4.83. The maximum atomic E-state index is 11.9. The van der Waals surface area contributed by atoms with Crippen LogP contribution in [0, 0.1) is 0 Å². The second-order valence-electron chi connectivity index (χ2n) is 5.41. The van der Waals surface area contributed by atoms with Crippen molar-refractivity contribution in [1.82, 2.24) is 10.3 Å². The zero-order valence-corrected chi connectivity index (χ0v) is 13.7. The number of nitrogens with zero attached hydrogens (tertiary/aromatic N) is 1. The van der Waals surface area contributed by atoms with Crippen LogP contribution in [0.3, 0.4) is 0 Å². The number of nitrogens with one attached hydrogen (secondary N) is 1. The third-order valence-corrected chi connectivity index (χ3v) is 4.81. The summed E-state index contributed by atoms with van der Waals surface area (Å²) >= 11 is 1.69. The van der Waals surface area contributed by atoms with E-state index in [4.69, 9.17) is 0 Å². The molecule has 1 atom stereocenters. The highest BCUT2D eigenvalue weighted by Gasteiger charge is 2.11. The monoisotopic (exact) mass is 322 g/mol. The van der Waals surface area contributed by atoms with E-state index in [9.17, 15) is 4.79 Å². The van der Waals surface area contributed by atoms with Crippen LogP contribution in [0.4, 0.5) is 0 Å². The molecule has 1 amide bonds. The fourth-order valence-electron chi connectivity index (χ4n) is 2.24. The van der Waals surface area contributed by atoms with E-state index in [1.54, 1.807) is 17.4 Å². The number of hydrogen-bond acceptors (Lipinski definition) is 3. The number of rotatable bonds is 5. The van der Waals surface area contributed by atoms with Crippen LogP contribution in [-0.4, -0.2) is 17.4 Å². The smallest absolute Gasteiger partial charge is 0.244 e. The molecule has 1 aromatic heterocycles. The van der Waals surface area contributed by atoms with Crippen molar-refractivity contribution >= 4 is 33.5 Å². The summed E-state index contributed by atoms with van der Waals surface area (Å²) in [4.78, 5) is 16.5. The van der Waals surface area contributed by atoms with Gasteiger partial charge in [-0.3, -0.25) is 4.79 Å². The maximum absolute atomic E-state index is 11.9. The van der Waals surface area contributed by atoms with E-state index in [2.05, 4.69) is 23.3 Å². The van der Waals surface area contributed by atoms with Crippen LogP contribution in [0.25, 0.3) is 16.3 Å². The molecule has 0 fully saturated rings. The summed E-state index contributed by atoms with van der Waals surface area (Å²) in [7, 11) is 0. The Morgan fingerprint density at radius 1 is 1.17 bits per heavy atom. The zero-order valence-electron chi connectivity index (χ0n) is 12.9. The van der Waals surface area contributed by atoms with Crippen molar-refractivity contribution in [2.75, 3.05) is 6.54 Å². The molecule has 1 heterocycles. The van der Waals surface area contributed by atoms with E-state index in [1.165, 1.54) is 4.70 Å². The van der Waals surface area contributed by atoms with Crippen molar-refractivity contribution in [2.45, 2.75) is 12.8 Å². The zero-order chi connectivity index (χ0) is 16.1. The van der Waals surface area contributed by atoms with Crippen molar-refractivity contribution in [2.24, 2.45) is 0 Å². The Labute approximate surface area is 139 Å².